The van der Waals surface area contributed by atoms with E-state index < -0.39 is 0 Å². The van der Waals surface area contributed by atoms with Crippen LogP contribution in [0.15, 0.2) is 12.1 Å². The van der Waals surface area contributed by atoms with Crippen molar-refractivity contribution in [3.05, 3.63) is 22.2 Å². The number of halogens is 2. The predicted molar refractivity (Wildman–Crippen MR) is 44.7 cm³/mol. The van der Waals surface area contributed by atoms with Gasteiger partial charge in [-0.25, -0.2) is 0 Å². The molecule has 2 nitrogen and oxygen atoms in total. The zero-order valence-electron chi connectivity index (χ0n) is 5.77. The van der Waals surface area contributed by atoms with Crippen LogP contribution in [0.1, 0.15) is 0 Å². The van der Waals surface area contributed by atoms with Gasteiger partial charge in [0.05, 0.1) is 17.2 Å². The van der Waals surface area contributed by atoms with Gasteiger partial charge in [-0.2, -0.15) is 0 Å². The van der Waals surface area contributed by atoms with Gasteiger partial charge in [0.15, 0.2) is 11.5 Å². The highest BCUT2D eigenvalue weighted by Gasteiger charge is 2.09. The number of aromatic hydroxyl groups is 1. The van der Waals surface area contributed by atoms with E-state index in [-0.39, 0.29) is 16.5 Å². The zero-order chi connectivity index (χ0) is 8.43. The van der Waals surface area contributed by atoms with Crippen molar-refractivity contribution < 1.29 is 9.84 Å². The summed E-state index contributed by atoms with van der Waals surface area (Å²) in [5, 5.41) is 9.81. The Kier molecular flexibility index (Phi) is 2.47. The predicted octanol–water partition coefficient (Wildman–Crippen LogP) is 2.71. The second-order valence-corrected chi connectivity index (χ2v) is 2.73. The van der Waals surface area contributed by atoms with E-state index in [2.05, 4.69) is 0 Å². The number of phenols is 1. The van der Waals surface area contributed by atoms with Crippen LogP contribution in [-0.2, 0) is 0 Å². The van der Waals surface area contributed by atoms with Crippen LogP contribution in [0, 0.1) is 0 Å². The highest BCUT2D eigenvalue weighted by atomic mass is 35.5. The first kappa shape index (κ1) is 8.50. The first-order chi connectivity index (χ1) is 5.16. The Hall–Kier alpha value is -0.600. The van der Waals surface area contributed by atoms with Crippen molar-refractivity contribution in [1.29, 1.82) is 0 Å². The van der Waals surface area contributed by atoms with Crippen molar-refractivity contribution in [3.63, 3.8) is 0 Å². The maximum Gasteiger partial charge on any atom is 0.180 e. The number of hydrogen-bond acceptors (Lipinski definition) is 2. The molecule has 0 saturated heterocycles. The van der Waals surface area contributed by atoms with Crippen LogP contribution in [0.5, 0.6) is 11.5 Å². The Morgan fingerprint density at radius 3 is 2.27 bits per heavy atom. The van der Waals surface area contributed by atoms with Gasteiger partial charge in [0, 0.05) is 0 Å². The van der Waals surface area contributed by atoms with E-state index in [4.69, 9.17) is 27.9 Å². The summed E-state index contributed by atoms with van der Waals surface area (Å²) >= 11 is 11.2. The van der Waals surface area contributed by atoms with E-state index in [1.165, 1.54) is 13.2 Å². The zero-order valence-corrected chi connectivity index (χ0v) is 7.28. The van der Waals surface area contributed by atoms with E-state index in [1.54, 1.807) is 6.07 Å². The summed E-state index contributed by atoms with van der Waals surface area (Å²) in [7, 11) is 1.41. The first-order valence-corrected chi connectivity index (χ1v) is 3.63. The number of hydrogen-bond donors (Lipinski definition) is 1. The highest BCUT2D eigenvalue weighted by molar-refractivity contribution is 6.35. The molecule has 0 amide bonds. The van der Waals surface area contributed by atoms with E-state index in [1.807, 2.05) is 0 Å². The number of phenolic OH excluding ortho intramolecular Hbond substituents is 1. The topological polar surface area (TPSA) is 29.5 Å². The monoisotopic (exact) mass is 192 g/mol. The molecule has 0 bridgehead atoms. The van der Waals surface area contributed by atoms with Crippen LogP contribution in [-0.4, -0.2) is 12.2 Å². The summed E-state index contributed by atoms with van der Waals surface area (Å²) in [4.78, 5) is 0. The molecule has 0 radical (unpaired) electrons. The molecule has 0 heterocycles. The summed E-state index contributed by atoms with van der Waals surface area (Å²) in [6.07, 6.45) is 0. The van der Waals surface area contributed by atoms with E-state index in [0.29, 0.717) is 5.02 Å². The van der Waals surface area contributed by atoms with Gasteiger partial charge in [0.2, 0.25) is 0 Å². The van der Waals surface area contributed by atoms with Crippen molar-refractivity contribution in [3.8, 4) is 11.5 Å². The lowest BCUT2D eigenvalue weighted by Gasteiger charge is -2.05. The fourth-order valence-electron chi connectivity index (χ4n) is 0.717. The quantitative estimate of drug-likeness (QED) is 0.742. The maximum atomic E-state index is 9.24. The van der Waals surface area contributed by atoms with Crippen LogP contribution in [0.3, 0.4) is 0 Å². The lowest BCUT2D eigenvalue weighted by molar-refractivity contribution is 0.374. The third kappa shape index (κ3) is 1.52. The van der Waals surface area contributed by atoms with Gasteiger partial charge in [0.25, 0.3) is 0 Å². The van der Waals surface area contributed by atoms with Crippen molar-refractivity contribution in [2.75, 3.05) is 7.11 Å². The molecule has 0 aliphatic heterocycles. The van der Waals surface area contributed by atoms with Gasteiger partial charge in [-0.15, -0.1) is 0 Å². The maximum absolute atomic E-state index is 9.24. The summed E-state index contributed by atoms with van der Waals surface area (Å²) in [5.41, 5.74) is 0. The Bertz CT molecular complexity index is 273. The fraction of sp³-hybridized carbons (Fsp3) is 0.143. The van der Waals surface area contributed by atoms with Crippen molar-refractivity contribution in [2.24, 2.45) is 0 Å². The second-order valence-electron chi connectivity index (χ2n) is 1.91. The Labute approximate surface area is 74.3 Å². The molecule has 0 fully saturated rings. The van der Waals surface area contributed by atoms with Crippen LogP contribution >= 0.6 is 23.2 Å². The molecule has 1 rings (SSSR count). The molecule has 0 aliphatic rings. The Morgan fingerprint density at radius 2 is 1.82 bits per heavy atom. The summed E-state index contributed by atoms with van der Waals surface area (Å²) in [6.45, 7) is 0. The first-order valence-electron chi connectivity index (χ1n) is 2.87. The Balaban J connectivity index is 3.29. The molecule has 1 aromatic rings. The third-order valence-electron chi connectivity index (χ3n) is 1.24. The van der Waals surface area contributed by atoms with Crippen molar-refractivity contribution >= 4 is 23.2 Å². The minimum atomic E-state index is -0.123. The number of methoxy groups -OCH3 is 1. The number of rotatable bonds is 1. The second kappa shape index (κ2) is 3.20. The highest BCUT2D eigenvalue weighted by Crippen LogP contribution is 2.39. The van der Waals surface area contributed by atoms with E-state index in [0.717, 1.165) is 0 Å². The van der Waals surface area contributed by atoms with Gasteiger partial charge < -0.3 is 9.84 Å². The molecule has 1 N–H and O–H groups in total. The average molecular weight is 193 g/mol. The lowest BCUT2D eigenvalue weighted by atomic mass is 10.3. The van der Waals surface area contributed by atoms with Gasteiger partial charge in [0.1, 0.15) is 0 Å². The molecule has 0 aromatic heterocycles. The molecule has 0 atom stereocenters. The standard InChI is InChI=1S/C7H6Cl2O2/c1-11-7-5(9)3-2-4(8)6(7)10/h2-3,10H,1H3. The van der Waals surface area contributed by atoms with Crippen molar-refractivity contribution in [2.45, 2.75) is 0 Å². The largest absolute Gasteiger partial charge is 0.503 e. The van der Waals surface area contributed by atoms with Gasteiger partial charge >= 0.3 is 0 Å². The Morgan fingerprint density at radius 1 is 1.27 bits per heavy atom. The van der Waals surface area contributed by atoms with Crippen LogP contribution in [0.25, 0.3) is 0 Å². The summed E-state index contributed by atoms with van der Waals surface area (Å²) in [5.74, 6) is 0.0841. The van der Waals surface area contributed by atoms with Crippen LogP contribution in [0.2, 0.25) is 10.0 Å². The average Bonchev–Trinajstić information content (AvgIpc) is 1.99. The summed E-state index contributed by atoms with van der Waals surface area (Å²) in [6, 6.07) is 3.06. The minimum Gasteiger partial charge on any atom is -0.503 e. The normalized spacial score (nSPS) is 9.73. The van der Waals surface area contributed by atoms with Crippen molar-refractivity contribution in [1.82, 2.24) is 0 Å². The molecule has 0 saturated carbocycles. The van der Waals surface area contributed by atoms with Crippen LogP contribution in [0.4, 0.5) is 0 Å². The van der Waals surface area contributed by atoms with E-state index >= 15 is 0 Å². The molecule has 11 heavy (non-hydrogen) atoms. The third-order valence-corrected chi connectivity index (χ3v) is 1.84. The molecule has 0 aliphatic carbocycles. The number of benzene rings is 1. The minimum absolute atomic E-state index is 0.123. The smallest absolute Gasteiger partial charge is 0.180 e. The van der Waals surface area contributed by atoms with Gasteiger partial charge in [-0.05, 0) is 12.1 Å². The fourth-order valence-corrected chi connectivity index (χ4v) is 1.10. The van der Waals surface area contributed by atoms with Gasteiger partial charge in [-0.3, -0.25) is 0 Å². The molecular weight excluding hydrogens is 187 g/mol. The number of ether oxygens (including phenoxy) is 1. The molecule has 60 valence electrons. The molecule has 1 aromatic carbocycles. The molecule has 0 spiro atoms. The van der Waals surface area contributed by atoms with Crippen LogP contribution < -0.4 is 4.74 Å². The van der Waals surface area contributed by atoms with Gasteiger partial charge in [-0.1, -0.05) is 23.2 Å². The lowest BCUT2D eigenvalue weighted by Crippen LogP contribution is -1.84. The SMILES string of the molecule is COc1c(Cl)ccc(Cl)c1O. The molecular formula is C7H6Cl2O2. The molecule has 4 heteroatoms. The van der Waals surface area contributed by atoms with E-state index in [9.17, 15) is 5.11 Å². The molecule has 0 unspecified atom stereocenters. The summed E-state index contributed by atoms with van der Waals surface area (Å²) < 4.78 is 4.79.